The Morgan fingerprint density at radius 2 is 1.90 bits per heavy atom. The minimum Gasteiger partial charge on any atom is -0.494 e. The Morgan fingerprint density at radius 3 is 2.52 bits per heavy atom. The van der Waals surface area contributed by atoms with E-state index < -0.39 is 11.8 Å². The molecule has 3 aromatic rings. The van der Waals surface area contributed by atoms with Gasteiger partial charge >= 0.3 is 5.97 Å². The van der Waals surface area contributed by atoms with E-state index in [-0.39, 0.29) is 23.1 Å². The largest absolute Gasteiger partial charge is 0.494 e. The molecule has 2 N–H and O–H groups in total. The Bertz CT molecular complexity index is 1070. The van der Waals surface area contributed by atoms with Gasteiger partial charge in [-0.15, -0.1) is 11.3 Å². The van der Waals surface area contributed by atoms with Crippen molar-refractivity contribution in [1.82, 2.24) is 0 Å². The molecule has 0 unspecified atom stereocenters. The highest BCUT2D eigenvalue weighted by Crippen LogP contribution is 2.49. The Balaban J connectivity index is 1.84. The van der Waals surface area contributed by atoms with Crippen LogP contribution in [0.4, 0.5) is 10.1 Å². The number of benzene rings is 2. The van der Waals surface area contributed by atoms with Crippen molar-refractivity contribution in [3.8, 4) is 16.9 Å². The van der Waals surface area contributed by atoms with E-state index in [4.69, 9.17) is 4.74 Å². The minimum atomic E-state index is -1.08. The maximum Gasteiger partial charge on any atom is 0.346 e. The van der Waals surface area contributed by atoms with Gasteiger partial charge in [-0.2, -0.15) is 0 Å². The first-order valence-corrected chi connectivity index (χ1v) is 9.98. The Morgan fingerprint density at radius 1 is 1.21 bits per heavy atom. The summed E-state index contributed by atoms with van der Waals surface area (Å²) in [5.41, 5.74) is 2.37. The van der Waals surface area contributed by atoms with E-state index >= 15 is 0 Å². The fourth-order valence-electron chi connectivity index (χ4n) is 3.56. The van der Waals surface area contributed by atoms with Crippen molar-refractivity contribution in [2.75, 3.05) is 11.9 Å². The van der Waals surface area contributed by atoms with Crippen molar-refractivity contribution in [3.63, 3.8) is 0 Å². The molecule has 1 atom stereocenters. The third-order valence-corrected chi connectivity index (χ3v) is 6.12. The molecule has 0 spiro atoms. The summed E-state index contributed by atoms with van der Waals surface area (Å²) in [6.45, 7) is 2.46. The molecule has 1 aromatic heterocycles. The Hall–Kier alpha value is -3.19. The second kappa shape index (κ2) is 7.67. The average Bonchev–Trinajstić information content (AvgIpc) is 3.08. The summed E-state index contributed by atoms with van der Waals surface area (Å²) in [6, 6.07) is 13.1. The first-order chi connectivity index (χ1) is 14.0. The summed E-state index contributed by atoms with van der Waals surface area (Å²) < 4.78 is 18.8. The minimum absolute atomic E-state index is 0.125. The molecule has 7 heteroatoms. The van der Waals surface area contributed by atoms with Gasteiger partial charge in [-0.25, -0.2) is 9.18 Å². The van der Waals surface area contributed by atoms with Gasteiger partial charge in [0, 0.05) is 22.8 Å². The van der Waals surface area contributed by atoms with E-state index in [2.05, 4.69) is 5.32 Å². The van der Waals surface area contributed by atoms with Gasteiger partial charge in [-0.1, -0.05) is 24.3 Å². The molecule has 1 aliphatic heterocycles. The molecule has 4 rings (SSSR count). The number of carbonyl (C=O) groups excluding carboxylic acids is 1. The van der Waals surface area contributed by atoms with Crippen LogP contribution in [0.3, 0.4) is 0 Å². The van der Waals surface area contributed by atoms with E-state index in [0.29, 0.717) is 23.4 Å². The number of halogens is 1. The number of thiophene rings is 1. The number of carboxylic acid groups (broad SMARTS) is 1. The molecule has 29 heavy (non-hydrogen) atoms. The van der Waals surface area contributed by atoms with Crippen molar-refractivity contribution in [1.29, 1.82) is 0 Å². The first kappa shape index (κ1) is 19.1. The zero-order valence-corrected chi connectivity index (χ0v) is 16.4. The van der Waals surface area contributed by atoms with Crippen LogP contribution in [0.5, 0.6) is 5.75 Å². The normalized spacial score (nSPS) is 15.5. The van der Waals surface area contributed by atoms with Crippen LogP contribution in [0.1, 0.15) is 39.4 Å². The van der Waals surface area contributed by atoms with E-state index in [9.17, 15) is 19.1 Å². The maximum absolute atomic E-state index is 13.4. The average molecular weight is 411 g/mol. The van der Waals surface area contributed by atoms with Crippen LogP contribution in [-0.2, 0) is 4.79 Å². The molecule has 5 nitrogen and oxygen atoms in total. The molecular weight excluding hydrogens is 393 g/mol. The number of anilines is 1. The molecule has 0 saturated carbocycles. The van der Waals surface area contributed by atoms with Crippen molar-refractivity contribution >= 4 is 28.9 Å². The Labute approximate surface area is 170 Å². The van der Waals surface area contributed by atoms with Gasteiger partial charge in [0.05, 0.1) is 12.3 Å². The number of hydrogen-bond donors (Lipinski definition) is 2. The van der Waals surface area contributed by atoms with Crippen LogP contribution in [-0.4, -0.2) is 23.6 Å². The molecule has 0 saturated heterocycles. The summed E-state index contributed by atoms with van der Waals surface area (Å²) in [4.78, 5) is 25.3. The smallest absolute Gasteiger partial charge is 0.346 e. The fourth-order valence-corrected chi connectivity index (χ4v) is 4.81. The second-order valence-corrected chi connectivity index (χ2v) is 7.72. The highest BCUT2D eigenvalue weighted by atomic mass is 32.1. The molecule has 1 aliphatic rings. The molecule has 0 aliphatic carbocycles. The summed E-state index contributed by atoms with van der Waals surface area (Å²) in [6.07, 6.45) is 0.226. The fraction of sp³-hybridized carbons (Fsp3) is 0.182. The monoisotopic (exact) mass is 411 g/mol. The first-order valence-electron chi connectivity index (χ1n) is 9.16. The predicted octanol–water partition coefficient (Wildman–Crippen LogP) is 5.13. The third kappa shape index (κ3) is 3.61. The molecule has 148 valence electrons. The van der Waals surface area contributed by atoms with Crippen LogP contribution in [0, 0.1) is 5.82 Å². The molecule has 0 fully saturated rings. The molecule has 0 radical (unpaired) electrons. The van der Waals surface area contributed by atoms with Gasteiger partial charge in [0.1, 0.15) is 16.4 Å². The molecule has 0 bridgehead atoms. The van der Waals surface area contributed by atoms with Gasteiger partial charge in [-0.05, 0) is 42.3 Å². The highest BCUT2D eigenvalue weighted by Gasteiger charge is 2.34. The SMILES string of the molecule is CCOc1ccc([C@@H]2CC(=O)Nc3c2sc(C(=O)O)c3-c2ccc(F)cc2)cc1. The highest BCUT2D eigenvalue weighted by molar-refractivity contribution is 7.15. The second-order valence-electron chi connectivity index (χ2n) is 6.66. The van der Waals surface area contributed by atoms with Gasteiger partial charge < -0.3 is 15.2 Å². The van der Waals surface area contributed by atoms with Gasteiger partial charge in [-0.3, -0.25) is 4.79 Å². The maximum atomic E-state index is 13.4. The standard InChI is InChI=1S/C22H18FNO4S/c1-2-28-15-9-5-12(6-10-15)16-11-17(25)24-19-18(13-3-7-14(23)8-4-13)21(22(26)27)29-20(16)19/h3-10,16H,2,11H2,1H3,(H,24,25)(H,26,27)/t16-/m0/s1. The number of ether oxygens (including phenoxy) is 1. The van der Waals surface area contributed by atoms with Crippen LogP contribution in [0.15, 0.2) is 48.5 Å². The Kier molecular flexibility index (Phi) is 5.07. The quantitative estimate of drug-likeness (QED) is 0.611. The third-order valence-electron chi connectivity index (χ3n) is 4.83. The molecule has 2 aromatic carbocycles. The number of rotatable bonds is 5. The summed E-state index contributed by atoms with van der Waals surface area (Å²) in [5, 5.41) is 12.6. The number of nitrogens with one attached hydrogen (secondary N) is 1. The van der Waals surface area contributed by atoms with Gasteiger partial charge in [0.2, 0.25) is 5.91 Å². The predicted molar refractivity (Wildman–Crippen MR) is 109 cm³/mol. The lowest BCUT2D eigenvalue weighted by atomic mass is 9.88. The van der Waals surface area contributed by atoms with E-state index in [1.54, 1.807) is 0 Å². The lowest BCUT2D eigenvalue weighted by molar-refractivity contribution is -0.116. The van der Waals surface area contributed by atoms with Crippen LogP contribution < -0.4 is 10.1 Å². The van der Waals surface area contributed by atoms with E-state index in [1.165, 1.54) is 24.3 Å². The lowest BCUT2D eigenvalue weighted by Crippen LogP contribution is -2.22. The van der Waals surface area contributed by atoms with Crippen molar-refractivity contribution < 1.29 is 23.8 Å². The van der Waals surface area contributed by atoms with Gasteiger partial charge in [0.15, 0.2) is 0 Å². The van der Waals surface area contributed by atoms with E-state index in [1.807, 2.05) is 31.2 Å². The lowest BCUT2D eigenvalue weighted by Gasteiger charge is -2.24. The zero-order chi connectivity index (χ0) is 20.5. The van der Waals surface area contributed by atoms with Crippen LogP contribution >= 0.6 is 11.3 Å². The number of amides is 1. The van der Waals surface area contributed by atoms with Gasteiger partial charge in [0.25, 0.3) is 0 Å². The van der Waals surface area contributed by atoms with E-state index in [0.717, 1.165) is 27.5 Å². The summed E-state index contributed by atoms with van der Waals surface area (Å²) in [7, 11) is 0. The number of carbonyl (C=O) groups is 2. The van der Waals surface area contributed by atoms with Crippen LogP contribution in [0.25, 0.3) is 11.1 Å². The molecular formula is C22H18FNO4S. The number of carboxylic acids is 1. The van der Waals surface area contributed by atoms with Crippen molar-refractivity contribution in [3.05, 3.63) is 69.7 Å². The number of hydrogen-bond acceptors (Lipinski definition) is 4. The summed E-state index contributed by atoms with van der Waals surface area (Å²) in [5.74, 6) is -1.20. The van der Waals surface area contributed by atoms with Crippen molar-refractivity contribution in [2.45, 2.75) is 19.3 Å². The summed E-state index contributed by atoms with van der Waals surface area (Å²) >= 11 is 1.15. The molecule has 2 heterocycles. The topological polar surface area (TPSA) is 75.6 Å². The van der Waals surface area contributed by atoms with Crippen molar-refractivity contribution in [2.24, 2.45) is 0 Å². The number of aromatic carboxylic acids is 1. The number of fused-ring (bicyclic) bond motifs is 1. The zero-order valence-electron chi connectivity index (χ0n) is 15.6. The molecule has 1 amide bonds. The van der Waals surface area contributed by atoms with Crippen LogP contribution in [0.2, 0.25) is 0 Å².